The Morgan fingerprint density at radius 1 is 0.277 bits per heavy atom. The van der Waals surface area contributed by atoms with Crippen LogP contribution in [0, 0.1) is 83.1 Å². The largest absolute Gasteiger partial charge is 0.519 e. The summed E-state index contributed by atoms with van der Waals surface area (Å²) in [6, 6.07) is 30.0. The van der Waals surface area contributed by atoms with Crippen LogP contribution in [0.25, 0.3) is 0 Å². The topological polar surface area (TPSA) is 71.1 Å². The first-order chi connectivity index (χ1) is 30.2. The molecule has 0 fully saturated rings. The van der Waals surface area contributed by atoms with Gasteiger partial charge in [-0.25, -0.2) is 9.59 Å². The highest BCUT2D eigenvalue weighted by Gasteiger charge is 2.30. The fourth-order valence-corrected chi connectivity index (χ4v) is 9.43. The lowest BCUT2D eigenvalue weighted by Gasteiger charge is -2.29. The summed E-state index contributed by atoms with van der Waals surface area (Å²) in [6.45, 7) is 37.3. The van der Waals surface area contributed by atoms with Crippen molar-refractivity contribution in [3.05, 3.63) is 185 Å². The van der Waals surface area contributed by atoms with Crippen LogP contribution < -0.4 is 18.9 Å². The average Bonchev–Trinajstić information content (AvgIpc) is 3.19. The van der Waals surface area contributed by atoms with Crippen LogP contribution >= 0.6 is 0 Å². The Kier molecular flexibility index (Phi) is 13.4. The van der Waals surface area contributed by atoms with Crippen LogP contribution in [0.3, 0.4) is 0 Å². The van der Waals surface area contributed by atoms with Gasteiger partial charge in [0.25, 0.3) is 0 Å². The standard InChI is InChI=1S/C59H68O6/c1-33-19-34(2)22-45(21-33)57(13,14)47-25-37(5)51(38(6)26-47)62-55(60)64-53-41(9)29-49(30-42(53)10)59(17,18)50-31-43(11)54(44(12)32-50)65-56(61)63-52-39(7)27-48(28-40(52)8)58(15,16)46-23-35(3)20-36(4)24-46/h19-32H,1-18H3. The summed E-state index contributed by atoms with van der Waals surface area (Å²) in [7, 11) is 0. The van der Waals surface area contributed by atoms with E-state index >= 15 is 0 Å². The summed E-state index contributed by atoms with van der Waals surface area (Å²) in [5.41, 5.74) is 17.5. The molecule has 0 aromatic heterocycles. The molecule has 6 aromatic rings. The van der Waals surface area contributed by atoms with Gasteiger partial charge in [-0.2, -0.15) is 0 Å². The van der Waals surface area contributed by atoms with E-state index in [-0.39, 0.29) is 10.8 Å². The van der Waals surface area contributed by atoms with Gasteiger partial charge in [0.15, 0.2) is 0 Å². The van der Waals surface area contributed by atoms with Crippen molar-refractivity contribution in [3.8, 4) is 23.0 Å². The molecule has 0 heterocycles. The van der Waals surface area contributed by atoms with E-state index in [1.165, 1.54) is 33.4 Å². The van der Waals surface area contributed by atoms with Crippen molar-refractivity contribution in [2.24, 2.45) is 0 Å². The van der Waals surface area contributed by atoms with Gasteiger partial charge in [-0.15, -0.1) is 0 Å². The maximum atomic E-state index is 13.4. The van der Waals surface area contributed by atoms with Gasteiger partial charge in [0.1, 0.15) is 23.0 Å². The first-order valence-electron chi connectivity index (χ1n) is 22.6. The molecule has 6 aromatic carbocycles. The number of aryl methyl sites for hydroxylation is 12. The van der Waals surface area contributed by atoms with Crippen LogP contribution in [0.5, 0.6) is 23.0 Å². The monoisotopic (exact) mass is 873 g/mol. The van der Waals surface area contributed by atoms with Crippen LogP contribution in [0.1, 0.15) is 142 Å². The van der Waals surface area contributed by atoms with Crippen molar-refractivity contribution in [1.29, 1.82) is 0 Å². The molecule has 0 unspecified atom stereocenters. The third kappa shape index (κ3) is 10.1. The number of hydrogen-bond donors (Lipinski definition) is 0. The molecule has 0 amide bonds. The van der Waals surface area contributed by atoms with Crippen molar-refractivity contribution < 1.29 is 28.5 Å². The SMILES string of the molecule is Cc1cc(C)cc(C(C)(C)c2cc(C)c(OC(=O)Oc3c(C)cc(C(C)(C)c4cc(C)c(OC(=O)Oc5c(C)cc(C(C)(C)c6cc(C)cc(C)c6)cc5C)c(C)c4)cc3C)c(C)c2)c1. The zero-order chi connectivity index (χ0) is 48.1. The average molecular weight is 873 g/mol. The maximum Gasteiger partial charge on any atom is 0.519 e. The van der Waals surface area contributed by atoms with Crippen molar-refractivity contribution in [1.82, 2.24) is 0 Å². The summed E-state index contributed by atoms with van der Waals surface area (Å²) in [5.74, 6) is 1.94. The van der Waals surface area contributed by atoms with Crippen molar-refractivity contribution in [2.75, 3.05) is 0 Å². The minimum absolute atomic E-state index is 0.247. The van der Waals surface area contributed by atoms with Crippen molar-refractivity contribution in [3.63, 3.8) is 0 Å². The summed E-state index contributed by atoms with van der Waals surface area (Å²) in [6.07, 6.45) is -1.56. The first kappa shape index (κ1) is 48.3. The molecule has 0 aliphatic carbocycles. The highest BCUT2D eigenvalue weighted by molar-refractivity contribution is 5.71. The predicted octanol–water partition coefficient (Wildman–Crippen LogP) is 15.5. The zero-order valence-electron chi connectivity index (χ0n) is 42.0. The quantitative estimate of drug-likeness (QED) is 0.101. The Balaban J connectivity index is 1.15. The highest BCUT2D eigenvalue weighted by Crippen LogP contribution is 2.41. The second-order valence-corrected chi connectivity index (χ2v) is 20.3. The van der Waals surface area contributed by atoms with Crippen molar-refractivity contribution in [2.45, 2.75) is 141 Å². The Bertz CT molecular complexity index is 2530. The van der Waals surface area contributed by atoms with Gasteiger partial charge in [0.05, 0.1) is 0 Å². The van der Waals surface area contributed by atoms with Gasteiger partial charge in [0, 0.05) is 16.2 Å². The molecule has 0 saturated heterocycles. The second-order valence-electron chi connectivity index (χ2n) is 20.3. The van der Waals surface area contributed by atoms with Crippen LogP contribution in [0.2, 0.25) is 0 Å². The normalized spacial score (nSPS) is 12.0. The molecule has 6 nitrogen and oxygen atoms in total. The van der Waals surface area contributed by atoms with Crippen molar-refractivity contribution >= 4 is 12.3 Å². The van der Waals surface area contributed by atoms with Gasteiger partial charge in [-0.1, -0.05) is 149 Å². The van der Waals surface area contributed by atoms with Crippen LogP contribution in [0.4, 0.5) is 9.59 Å². The molecular formula is C59H68O6. The lowest BCUT2D eigenvalue weighted by molar-refractivity contribution is 0.149. The molecule has 0 N–H and O–H groups in total. The van der Waals surface area contributed by atoms with E-state index in [2.05, 4.69) is 154 Å². The zero-order valence-corrected chi connectivity index (χ0v) is 42.0. The Labute approximate surface area is 388 Å². The number of carbonyl (C=O) groups is 2. The van der Waals surface area contributed by atoms with Crippen LogP contribution in [-0.2, 0) is 16.2 Å². The molecular weight excluding hydrogens is 805 g/mol. The lowest BCUT2D eigenvalue weighted by Crippen LogP contribution is -2.22. The Morgan fingerprint density at radius 2 is 0.431 bits per heavy atom. The van der Waals surface area contributed by atoms with Crippen LogP contribution in [-0.4, -0.2) is 12.3 Å². The summed E-state index contributed by atoms with van der Waals surface area (Å²) >= 11 is 0. The third-order valence-electron chi connectivity index (χ3n) is 13.4. The molecule has 0 aliphatic rings. The number of hydrogen-bond acceptors (Lipinski definition) is 6. The minimum atomic E-state index is -0.782. The second kappa shape index (κ2) is 18.0. The molecule has 0 aliphatic heterocycles. The van der Waals surface area contributed by atoms with E-state index in [4.69, 9.17) is 18.9 Å². The first-order valence-corrected chi connectivity index (χ1v) is 22.6. The fraction of sp³-hybridized carbons (Fsp3) is 0.356. The Hall–Kier alpha value is -6.14. The molecule has 340 valence electrons. The molecule has 0 spiro atoms. The molecule has 6 heteroatoms. The summed E-state index contributed by atoms with van der Waals surface area (Å²) in [5, 5.41) is 0. The number of carbonyl (C=O) groups excluding carboxylic acids is 2. The van der Waals surface area contributed by atoms with E-state index < -0.39 is 17.7 Å². The molecule has 0 radical (unpaired) electrons. The highest BCUT2D eigenvalue weighted by atomic mass is 16.7. The van der Waals surface area contributed by atoms with Gasteiger partial charge in [-0.05, 0) is 161 Å². The fourth-order valence-electron chi connectivity index (χ4n) is 9.43. The number of benzene rings is 6. The van der Waals surface area contributed by atoms with Gasteiger partial charge in [0.2, 0.25) is 0 Å². The molecule has 0 bridgehead atoms. The molecule has 0 saturated carbocycles. The molecule has 65 heavy (non-hydrogen) atoms. The van der Waals surface area contributed by atoms with Gasteiger partial charge >= 0.3 is 12.3 Å². The smallest absolute Gasteiger partial charge is 0.394 e. The number of ether oxygens (including phenoxy) is 4. The maximum absolute atomic E-state index is 13.4. The van der Waals surface area contributed by atoms with E-state index in [1.807, 2.05) is 55.4 Å². The predicted molar refractivity (Wildman–Crippen MR) is 265 cm³/mol. The van der Waals surface area contributed by atoms with E-state index in [0.717, 1.165) is 66.8 Å². The lowest BCUT2D eigenvalue weighted by atomic mass is 9.76. The van der Waals surface area contributed by atoms with E-state index in [9.17, 15) is 9.59 Å². The van der Waals surface area contributed by atoms with Gasteiger partial charge in [-0.3, -0.25) is 0 Å². The van der Waals surface area contributed by atoms with Gasteiger partial charge < -0.3 is 18.9 Å². The number of rotatable bonds is 10. The molecule has 0 atom stereocenters. The Morgan fingerprint density at radius 3 is 0.600 bits per heavy atom. The summed E-state index contributed by atoms with van der Waals surface area (Å²) in [4.78, 5) is 26.8. The third-order valence-corrected chi connectivity index (χ3v) is 13.4. The summed E-state index contributed by atoms with van der Waals surface area (Å²) < 4.78 is 23.7. The van der Waals surface area contributed by atoms with E-state index in [1.54, 1.807) is 0 Å². The van der Waals surface area contributed by atoms with E-state index in [0.29, 0.717) is 23.0 Å². The molecule has 6 rings (SSSR count). The minimum Gasteiger partial charge on any atom is -0.394 e. The van der Waals surface area contributed by atoms with Crippen LogP contribution in [0.15, 0.2) is 84.9 Å².